The summed E-state index contributed by atoms with van der Waals surface area (Å²) < 4.78 is 61.6. The van der Waals surface area contributed by atoms with Crippen molar-refractivity contribution in [3.63, 3.8) is 0 Å². The van der Waals surface area contributed by atoms with Crippen LogP contribution in [0.25, 0.3) is 0 Å². The van der Waals surface area contributed by atoms with Gasteiger partial charge in [-0.05, 0) is 74.2 Å². The van der Waals surface area contributed by atoms with Crippen LogP contribution in [-0.2, 0) is 30.9 Å². The van der Waals surface area contributed by atoms with Gasteiger partial charge in [0, 0.05) is 49.4 Å². The quantitative estimate of drug-likeness (QED) is 0.294. The van der Waals surface area contributed by atoms with Crippen molar-refractivity contribution in [3.05, 3.63) is 119 Å². The number of fused-ring (bicyclic) bond motifs is 7. The zero-order valence-corrected chi connectivity index (χ0v) is 28.1. The first kappa shape index (κ1) is 29.7. The maximum absolute atomic E-state index is 14.6. The molecule has 4 atom stereocenters. The van der Waals surface area contributed by atoms with Crippen LogP contribution in [0.1, 0.15) is 35.1 Å². The van der Waals surface area contributed by atoms with E-state index in [0.717, 1.165) is 33.6 Å². The molecule has 0 aliphatic carbocycles. The minimum absolute atomic E-state index is 0.270. The fourth-order valence-corrected chi connectivity index (χ4v) is 12.7. The number of likely N-dealkylation sites (N-methyl/N-ethyl adjacent to an activating group) is 2. The van der Waals surface area contributed by atoms with Gasteiger partial charge in [-0.15, -0.1) is 0 Å². The number of rotatable bonds is 5. The summed E-state index contributed by atoms with van der Waals surface area (Å²) in [5.74, 6) is 0. The third-order valence-electron chi connectivity index (χ3n) is 11.2. The van der Waals surface area contributed by atoms with Gasteiger partial charge >= 0.3 is 0 Å². The Bertz CT molecular complexity index is 1930. The molecule has 0 amide bonds. The fraction of sp³-hybridized carbons (Fsp3) is 0.333. The average molecular weight is 655 g/mol. The molecule has 46 heavy (non-hydrogen) atoms. The smallest absolute Gasteiger partial charge is 0.244 e. The fourth-order valence-electron chi connectivity index (χ4n) is 9.32. The van der Waals surface area contributed by atoms with Gasteiger partial charge in [-0.3, -0.25) is 0 Å². The molecule has 0 bridgehead atoms. The normalized spacial score (nSPS) is 27.5. The third kappa shape index (κ3) is 3.61. The molecule has 238 valence electrons. The highest BCUT2D eigenvalue weighted by Crippen LogP contribution is 2.69. The highest BCUT2D eigenvalue weighted by atomic mass is 32.2. The van der Waals surface area contributed by atoms with E-state index >= 15 is 0 Å². The predicted molar refractivity (Wildman–Crippen MR) is 180 cm³/mol. The van der Waals surface area contributed by atoms with Gasteiger partial charge in [-0.2, -0.15) is 8.61 Å². The Morgan fingerprint density at radius 1 is 0.543 bits per heavy atom. The molecule has 4 aromatic rings. The molecule has 4 aromatic carbocycles. The maximum Gasteiger partial charge on any atom is 0.244 e. The van der Waals surface area contributed by atoms with Gasteiger partial charge in [0.25, 0.3) is 0 Å². The summed E-state index contributed by atoms with van der Waals surface area (Å²) in [6.07, 6.45) is 0.00292. The van der Waals surface area contributed by atoms with Gasteiger partial charge < -0.3 is 9.80 Å². The molecule has 10 heteroatoms. The van der Waals surface area contributed by atoms with Gasteiger partial charge in [-0.1, -0.05) is 71.8 Å². The monoisotopic (exact) mass is 654 g/mol. The molecule has 2 saturated heterocycles. The molecule has 2 fully saturated rings. The second kappa shape index (κ2) is 9.90. The molecule has 0 unspecified atom stereocenters. The van der Waals surface area contributed by atoms with Crippen LogP contribution in [0.3, 0.4) is 0 Å². The van der Waals surface area contributed by atoms with Crippen molar-refractivity contribution in [2.45, 2.75) is 59.6 Å². The summed E-state index contributed by atoms with van der Waals surface area (Å²) in [5.41, 5.74) is 4.63. The van der Waals surface area contributed by atoms with Gasteiger partial charge in [0.15, 0.2) is 0 Å². The van der Waals surface area contributed by atoms with Crippen molar-refractivity contribution < 1.29 is 16.8 Å². The van der Waals surface area contributed by atoms with E-state index in [-0.39, 0.29) is 9.79 Å². The van der Waals surface area contributed by atoms with E-state index in [4.69, 9.17) is 0 Å². The lowest BCUT2D eigenvalue weighted by Crippen LogP contribution is -2.64. The Kier molecular flexibility index (Phi) is 6.39. The summed E-state index contributed by atoms with van der Waals surface area (Å²) >= 11 is 0. The molecule has 4 heterocycles. The molecule has 0 spiro atoms. The van der Waals surface area contributed by atoms with Crippen molar-refractivity contribution in [2.75, 3.05) is 37.0 Å². The van der Waals surface area contributed by atoms with Crippen molar-refractivity contribution in [2.24, 2.45) is 0 Å². The molecular formula is C36H38N4O4S2. The van der Waals surface area contributed by atoms with Crippen LogP contribution in [0, 0.1) is 13.8 Å². The number of benzene rings is 4. The van der Waals surface area contributed by atoms with Gasteiger partial charge in [-0.25, -0.2) is 16.8 Å². The van der Waals surface area contributed by atoms with Crippen molar-refractivity contribution in [1.29, 1.82) is 0 Å². The molecule has 4 aliphatic rings. The second-order valence-corrected chi connectivity index (χ2v) is 17.1. The Morgan fingerprint density at radius 3 is 1.26 bits per heavy atom. The van der Waals surface area contributed by atoms with Crippen molar-refractivity contribution in [3.8, 4) is 0 Å². The van der Waals surface area contributed by atoms with Gasteiger partial charge in [0.2, 0.25) is 20.0 Å². The first-order chi connectivity index (χ1) is 22.0. The first-order valence-corrected chi connectivity index (χ1v) is 18.7. The van der Waals surface area contributed by atoms with E-state index < -0.39 is 43.2 Å². The van der Waals surface area contributed by atoms with Crippen LogP contribution in [0.15, 0.2) is 107 Å². The minimum atomic E-state index is -3.89. The number of anilines is 2. The molecule has 0 saturated carbocycles. The summed E-state index contributed by atoms with van der Waals surface area (Å²) in [5, 5.41) is 0. The number of sulfonamides is 2. The summed E-state index contributed by atoms with van der Waals surface area (Å²) in [6.45, 7) is 4.54. The van der Waals surface area contributed by atoms with Crippen LogP contribution < -0.4 is 9.80 Å². The number of para-hydroxylation sites is 2. The lowest BCUT2D eigenvalue weighted by atomic mass is 9.55. The van der Waals surface area contributed by atoms with Crippen molar-refractivity contribution >= 4 is 31.4 Å². The van der Waals surface area contributed by atoms with Crippen LogP contribution in [0.5, 0.6) is 0 Å². The van der Waals surface area contributed by atoms with E-state index in [1.807, 2.05) is 76.5 Å². The molecule has 8 nitrogen and oxygen atoms in total. The Labute approximate surface area is 272 Å². The van der Waals surface area contributed by atoms with Crippen LogP contribution in [-0.4, -0.2) is 65.0 Å². The number of aryl methyl sites for hydroxylation is 2. The Morgan fingerprint density at radius 2 is 0.891 bits per heavy atom. The SMILES string of the molecule is Cc1ccc(S(=O)(=O)N2CC[C@@]3([C@@]45CCN(S(=O)(=O)c6ccc(C)cc6)[C@@H]4N(C)c4ccccc45)c4ccccc4N(C)[C@@H]23)cc1. The van der Waals surface area contributed by atoms with Crippen molar-refractivity contribution in [1.82, 2.24) is 8.61 Å². The Hall–Kier alpha value is -3.70. The van der Waals surface area contributed by atoms with E-state index in [1.54, 1.807) is 32.9 Å². The molecule has 0 N–H and O–H groups in total. The van der Waals surface area contributed by atoms with Gasteiger partial charge in [0.1, 0.15) is 12.3 Å². The minimum Gasteiger partial charge on any atom is -0.357 e. The summed E-state index contributed by atoms with van der Waals surface area (Å²) in [6, 6.07) is 30.6. The average Bonchev–Trinajstić information content (AvgIpc) is 3.77. The number of nitrogens with zero attached hydrogens (tertiary/aromatic N) is 4. The molecule has 8 rings (SSSR count). The van der Waals surface area contributed by atoms with E-state index in [0.29, 0.717) is 25.9 Å². The number of hydrogen-bond acceptors (Lipinski definition) is 6. The lowest BCUT2D eigenvalue weighted by molar-refractivity contribution is 0.153. The van der Waals surface area contributed by atoms with Crippen LogP contribution >= 0.6 is 0 Å². The molecule has 4 aliphatic heterocycles. The van der Waals surface area contributed by atoms with E-state index in [1.165, 1.54) is 0 Å². The Balaban J connectivity index is 1.37. The highest BCUT2D eigenvalue weighted by Gasteiger charge is 2.75. The molecule has 0 aromatic heterocycles. The molecular weight excluding hydrogens is 617 g/mol. The third-order valence-corrected chi connectivity index (χ3v) is 14.9. The molecule has 0 radical (unpaired) electrons. The standard InChI is InChI=1S/C36H38N4O4S2/c1-25-13-17-27(18-14-25)45(41,42)39-23-21-35(29-9-5-7-11-31(29)37(3)33(35)39)36-22-24-40(46(43,44)28-19-15-26(2)16-20-28)34(36)38(4)32-12-8-6-10-30(32)36/h5-20,33-34H,21-24H2,1-4H3/t33-,34-,35+,36+/m0/s1. The maximum atomic E-state index is 14.6. The van der Waals surface area contributed by atoms with Crippen LogP contribution in [0.4, 0.5) is 11.4 Å². The lowest BCUT2D eigenvalue weighted by Gasteiger charge is -2.50. The van der Waals surface area contributed by atoms with E-state index in [2.05, 4.69) is 34.1 Å². The largest absolute Gasteiger partial charge is 0.357 e. The first-order valence-electron chi connectivity index (χ1n) is 15.8. The zero-order chi connectivity index (χ0) is 32.2. The van der Waals surface area contributed by atoms with Crippen LogP contribution in [0.2, 0.25) is 0 Å². The van der Waals surface area contributed by atoms with E-state index in [9.17, 15) is 16.8 Å². The summed E-state index contributed by atoms with van der Waals surface area (Å²) in [7, 11) is -3.81. The van der Waals surface area contributed by atoms with Gasteiger partial charge in [0.05, 0.1) is 9.79 Å². The second-order valence-electron chi connectivity index (χ2n) is 13.3. The zero-order valence-electron chi connectivity index (χ0n) is 26.5. The highest BCUT2D eigenvalue weighted by molar-refractivity contribution is 7.89. The topological polar surface area (TPSA) is 81.2 Å². The summed E-state index contributed by atoms with van der Waals surface area (Å²) in [4.78, 5) is 4.79. The predicted octanol–water partition coefficient (Wildman–Crippen LogP) is 5.22. The number of hydrogen-bond donors (Lipinski definition) is 0.